The monoisotopic (exact) mass is 366 g/mol. The van der Waals surface area contributed by atoms with Crippen LogP contribution in [0.2, 0.25) is 0 Å². The number of hydrogen-bond donors (Lipinski definition) is 1. The third-order valence-electron chi connectivity index (χ3n) is 4.53. The largest absolute Gasteiger partial charge is 0.493 e. The zero-order valence-corrected chi connectivity index (χ0v) is 16.0. The zero-order chi connectivity index (χ0) is 19.1. The number of para-hydroxylation sites is 2. The molecule has 2 aromatic carbocycles. The summed E-state index contributed by atoms with van der Waals surface area (Å²) >= 11 is 0. The molecule has 0 radical (unpaired) electrons. The smallest absolute Gasteiger partial charge is 0.311 e. The average Bonchev–Trinajstić information content (AvgIpc) is 3.12. The van der Waals surface area contributed by atoms with E-state index in [0.29, 0.717) is 17.9 Å². The molecule has 0 spiro atoms. The number of carbonyl (C=O) groups excluding carboxylic acids is 1. The highest BCUT2D eigenvalue weighted by molar-refractivity contribution is 5.80. The van der Waals surface area contributed by atoms with Crippen molar-refractivity contribution >= 4 is 17.0 Å². The van der Waals surface area contributed by atoms with Crippen LogP contribution in [0.4, 0.5) is 0 Å². The summed E-state index contributed by atoms with van der Waals surface area (Å²) in [7, 11) is 1.57. The molecule has 0 aliphatic heterocycles. The van der Waals surface area contributed by atoms with Crippen LogP contribution in [0.1, 0.15) is 45.4 Å². The Morgan fingerprint density at radius 3 is 2.63 bits per heavy atom. The summed E-state index contributed by atoms with van der Waals surface area (Å²) in [4.78, 5) is 20.0. The number of fused-ring (bicyclic) bond motifs is 1. The number of imidazole rings is 1. The Morgan fingerprint density at radius 1 is 1.04 bits per heavy atom. The molecule has 3 aromatic rings. The number of benzene rings is 2. The second kappa shape index (κ2) is 9.21. The normalized spacial score (nSPS) is 10.9. The molecular formula is C22H26N2O3. The Morgan fingerprint density at radius 2 is 1.85 bits per heavy atom. The number of esters is 1. The van der Waals surface area contributed by atoms with Crippen LogP contribution in [0.15, 0.2) is 42.5 Å². The van der Waals surface area contributed by atoms with Gasteiger partial charge in [-0.15, -0.1) is 0 Å². The van der Waals surface area contributed by atoms with E-state index >= 15 is 0 Å². The van der Waals surface area contributed by atoms with Crippen molar-refractivity contribution < 1.29 is 14.3 Å². The van der Waals surface area contributed by atoms with E-state index in [1.807, 2.05) is 36.4 Å². The molecule has 0 unspecified atom stereocenters. The van der Waals surface area contributed by atoms with Crippen molar-refractivity contribution in [3.8, 4) is 22.9 Å². The first-order chi connectivity index (χ1) is 13.2. The maximum absolute atomic E-state index is 12.1. The lowest BCUT2D eigenvalue weighted by Crippen LogP contribution is -2.08. The van der Waals surface area contributed by atoms with Gasteiger partial charge in [0, 0.05) is 12.0 Å². The molecule has 0 aliphatic rings. The van der Waals surface area contributed by atoms with Crippen LogP contribution in [-0.4, -0.2) is 23.0 Å². The average molecular weight is 366 g/mol. The standard InChI is InChI=1S/C22H26N2O3/c1-3-4-5-6-7-12-21(25)27-19-14-13-16(15-20(19)26-2)22-23-17-10-8-9-11-18(17)24-22/h8-11,13-15H,3-7,12H2,1-2H3,(H,23,24). The highest BCUT2D eigenvalue weighted by Gasteiger charge is 2.13. The molecule has 3 rings (SSSR count). The van der Waals surface area contributed by atoms with Gasteiger partial charge in [0.25, 0.3) is 0 Å². The number of aromatic amines is 1. The number of methoxy groups -OCH3 is 1. The topological polar surface area (TPSA) is 64.2 Å². The fourth-order valence-corrected chi connectivity index (χ4v) is 3.04. The number of carbonyl (C=O) groups is 1. The number of rotatable bonds is 9. The minimum Gasteiger partial charge on any atom is -0.493 e. The summed E-state index contributed by atoms with van der Waals surface area (Å²) in [5.41, 5.74) is 2.76. The third-order valence-corrected chi connectivity index (χ3v) is 4.53. The number of ether oxygens (including phenoxy) is 2. The molecule has 0 atom stereocenters. The molecule has 0 amide bonds. The Bertz CT molecular complexity index is 868. The van der Waals surface area contributed by atoms with E-state index < -0.39 is 0 Å². The van der Waals surface area contributed by atoms with Crippen LogP contribution >= 0.6 is 0 Å². The summed E-state index contributed by atoms with van der Waals surface area (Å²) in [5, 5.41) is 0. The predicted octanol–water partition coefficient (Wildman–Crippen LogP) is 5.50. The molecule has 0 aliphatic carbocycles. The van der Waals surface area contributed by atoms with Gasteiger partial charge < -0.3 is 14.5 Å². The summed E-state index contributed by atoms with van der Waals surface area (Å²) in [5.74, 6) is 1.49. The van der Waals surface area contributed by atoms with Gasteiger partial charge in [-0.1, -0.05) is 44.7 Å². The molecule has 0 saturated heterocycles. The van der Waals surface area contributed by atoms with Gasteiger partial charge in [0.1, 0.15) is 5.82 Å². The lowest BCUT2D eigenvalue weighted by molar-refractivity contribution is -0.134. The highest BCUT2D eigenvalue weighted by Crippen LogP contribution is 2.32. The number of hydrogen-bond acceptors (Lipinski definition) is 4. The number of nitrogens with zero attached hydrogens (tertiary/aromatic N) is 1. The van der Waals surface area contributed by atoms with Crippen LogP contribution in [0, 0.1) is 0 Å². The Hall–Kier alpha value is -2.82. The van der Waals surface area contributed by atoms with Gasteiger partial charge in [-0.25, -0.2) is 4.98 Å². The molecule has 1 aromatic heterocycles. The fraction of sp³-hybridized carbons (Fsp3) is 0.364. The van der Waals surface area contributed by atoms with E-state index in [9.17, 15) is 4.79 Å². The van der Waals surface area contributed by atoms with E-state index in [1.165, 1.54) is 19.3 Å². The fourth-order valence-electron chi connectivity index (χ4n) is 3.04. The molecule has 0 saturated carbocycles. The van der Waals surface area contributed by atoms with Gasteiger partial charge in [0.15, 0.2) is 11.5 Å². The predicted molar refractivity (Wildman–Crippen MR) is 107 cm³/mol. The first-order valence-corrected chi connectivity index (χ1v) is 9.55. The number of nitrogens with one attached hydrogen (secondary N) is 1. The lowest BCUT2D eigenvalue weighted by Gasteiger charge is -2.10. The summed E-state index contributed by atoms with van der Waals surface area (Å²) in [6.45, 7) is 2.18. The quantitative estimate of drug-likeness (QED) is 0.308. The SMILES string of the molecule is CCCCCCCC(=O)Oc1ccc(-c2nc3ccccc3[nH]2)cc1OC. The van der Waals surface area contributed by atoms with Gasteiger partial charge >= 0.3 is 5.97 Å². The Kier molecular flexibility index (Phi) is 6.47. The van der Waals surface area contributed by atoms with Crippen molar-refractivity contribution in [3.05, 3.63) is 42.5 Å². The summed E-state index contributed by atoms with van der Waals surface area (Å²) in [6.07, 6.45) is 5.92. The summed E-state index contributed by atoms with van der Waals surface area (Å²) < 4.78 is 10.9. The first-order valence-electron chi connectivity index (χ1n) is 9.55. The van der Waals surface area contributed by atoms with E-state index in [4.69, 9.17) is 9.47 Å². The number of unbranched alkanes of at least 4 members (excludes halogenated alkanes) is 4. The second-order valence-electron chi connectivity index (χ2n) is 6.61. The maximum atomic E-state index is 12.1. The van der Waals surface area contributed by atoms with Crippen molar-refractivity contribution in [1.82, 2.24) is 9.97 Å². The number of H-pyrrole nitrogens is 1. The van der Waals surface area contributed by atoms with Gasteiger partial charge in [-0.2, -0.15) is 0 Å². The maximum Gasteiger partial charge on any atom is 0.311 e. The Labute approximate surface area is 159 Å². The lowest BCUT2D eigenvalue weighted by atomic mass is 10.1. The van der Waals surface area contributed by atoms with Gasteiger partial charge in [0.2, 0.25) is 0 Å². The van der Waals surface area contributed by atoms with Crippen molar-refractivity contribution in [1.29, 1.82) is 0 Å². The molecule has 0 bridgehead atoms. The molecule has 142 valence electrons. The van der Waals surface area contributed by atoms with Crippen molar-refractivity contribution in [3.63, 3.8) is 0 Å². The van der Waals surface area contributed by atoms with Crippen LogP contribution in [-0.2, 0) is 4.79 Å². The Balaban J connectivity index is 1.68. The molecule has 5 heteroatoms. The highest BCUT2D eigenvalue weighted by atomic mass is 16.6. The van der Waals surface area contributed by atoms with Crippen molar-refractivity contribution in [2.75, 3.05) is 7.11 Å². The van der Waals surface area contributed by atoms with Crippen LogP contribution in [0.3, 0.4) is 0 Å². The minimum atomic E-state index is -0.221. The molecular weight excluding hydrogens is 340 g/mol. The van der Waals surface area contributed by atoms with Crippen LogP contribution in [0.5, 0.6) is 11.5 Å². The van der Waals surface area contributed by atoms with Crippen molar-refractivity contribution in [2.24, 2.45) is 0 Å². The van der Waals surface area contributed by atoms with Crippen LogP contribution < -0.4 is 9.47 Å². The molecule has 5 nitrogen and oxygen atoms in total. The van der Waals surface area contributed by atoms with Gasteiger partial charge in [-0.05, 0) is 36.8 Å². The molecule has 1 heterocycles. The van der Waals surface area contributed by atoms with Gasteiger partial charge in [-0.3, -0.25) is 4.79 Å². The third kappa shape index (κ3) is 4.88. The van der Waals surface area contributed by atoms with E-state index in [-0.39, 0.29) is 5.97 Å². The van der Waals surface area contributed by atoms with Crippen LogP contribution in [0.25, 0.3) is 22.4 Å². The molecule has 1 N–H and O–H groups in total. The van der Waals surface area contributed by atoms with Crippen molar-refractivity contribution in [2.45, 2.75) is 45.4 Å². The second-order valence-corrected chi connectivity index (χ2v) is 6.61. The number of aromatic nitrogens is 2. The van der Waals surface area contributed by atoms with E-state index in [2.05, 4.69) is 16.9 Å². The summed E-state index contributed by atoms with van der Waals surface area (Å²) in [6, 6.07) is 13.3. The molecule has 0 fully saturated rings. The van der Waals surface area contributed by atoms with Gasteiger partial charge in [0.05, 0.1) is 18.1 Å². The molecule has 27 heavy (non-hydrogen) atoms. The van der Waals surface area contributed by atoms with E-state index in [0.717, 1.165) is 35.3 Å². The minimum absolute atomic E-state index is 0.221. The zero-order valence-electron chi connectivity index (χ0n) is 16.0. The first kappa shape index (κ1) is 19.0. The van der Waals surface area contributed by atoms with E-state index in [1.54, 1.807) is 13.2 Å².